The summed E-state index contributed by atoms with van der Waals surface area (Å²) in [7, 11) is 0. The van der Waals surface area contributed by atoms with Crippen LogP contribution in [0.4, 0.5) is 0 Å². The van der Waals surface area contributed by atoms with Gasteiger partial charge in [0.1, 0.15) is 15.6 Å². The number of thiazole rings is 2. The van der Waals surface area contributed by atoms with Crippen molar-refractivity contribution >= 4 is 28.6 Å². The average molecular weight is 254 g/mol. The van der Waals surface area contributed by atoms with Crippen molar-refractivity contribution in [3.05, 3.63) is 21.5 Å². The van der Waals surface area contributed by atoms with Gasteiger partial charge < -0.3 is 4.74 Å². The van der Waals surface area contributed by atoms with E-state index in [1.54, 1.807) is 19.4 Å². The maximum absolute atomic E-state index is 11.6. The van der Waals surface area contributed by atoms with E-state index in [2.05, 4.69) is 9.97 Å². The van der Waals surface area contributed by atoms with Crippen LogP contribution < -0.4 is 0 Å². The second-order valence-corrected chi connectivity index (χ2v) is 4.75. The van der Waals surface area contributed by atoms with Gasteiger partial charge in [-0.3, -0.25) is 0 Å². The molecule has 0 fully saturated rings. The van der Waals surface area contributed by atoms with Crippen LogP contribution in [0.1, 0.15) is 22.3 Å². The highest BCUT2D eigenvalue weighted by molar-refractivity contribution is 7.17. The average Bonchev–Trinajstić information content (AvgIpc) is 2.86. The van der Waals surface area contributed by atoms with Crippen molar-refractivity contribution < 1.29 is 9.53 Å². The Morgan fingerprint density at radius 2 is 2.38 bits per heavy atom. The monoisotopic (exact) mass is 254 g/mol. The van der Waals surface area contributed by atoms with Gasteiger partial charge in [-0.2, -0.15) is 0 Å². The maximum Gasteiger partial charge on any atom is 0.350 e. The topological polar surface area (TPSA) is 52.1 Å². The van der Waals surface area contributed by atoms with Crippen LogP contribution in [0.3, 0.4) is 0 Å². The first-order chi connectivity index (χ1) is 7.72. The van der Waals surface area contributed by atoms with Crippen molar-refractivity contribution in [2.24, 2.45) is 0 Å². The van der Waals surface area contributed by atoms with E-state index in [0.29, 0.717) is 17.2 Å². The van der Waals surface area contributed by atoms with Crippen molar-refractivity contribution in [2.75, 3.05) is 6.61 Å². The number of esters is 1. The molecule has 0 radical (unpaired) electrons. The van der Waals surface area contributed by atoms with E-state index >= 15 is 0 Å². The Hall–Kier alpha value is -1.27. The van der Waals surface area contributed by atoms with Crippen molar-refractivity contribution in [1.82, 2.24) is 9.97 Å². The molecule has 0 atom stereocenters. The Labute approximate surface area is 101 Å². The van der Waals surface area contributed by atoms with Gasteiger partial charge >= 0.3 is 5.97 Å². The second kappa shape index (κ2) is 4.71. The molecule has 2 heterocycles. The van der Waals surface area contributed by atoms with Crippen molar-refractivity contribution in [3.63, 3.8) is 0 Å². The molecule has 0 aliphatic carbocycles. The molecule has 16 heavy (non-hydrogen) atoms. The summed E-state index contributed by atoms with van der Waals surface area (Å²) in [6, 6.07) is 0. The standard InChI is InChI=1S/C10H10N2O2S2/c1-3-14-10(13)8-6(2)12-9(16-8)7-4-15-5-11-7/h4-5H,3H2,1-2H3. The first-order valence-corrected chi connectivity index (χ1v) is 6.51. The van der Waals surface area contributed by atoms with Crippen molar-refractivity contribution in [2.45, 2.75) is 13.8 Å². The molecule has 0 saturated carbocycles. The summed E-state index contributed by atoms with van der Waals surface area (Å²) in [5, 5.41) is 2.68. The van der Waals surface area contributed by atoms with Gasteiger partial charge in [-0.15, -0.1) is 22.7 Å². The highest BCUT2D eigenvalue weighted by Gasteiger charge is 2.17. The zero-order chi connectivity index (χ0) is 11.5. The summed E-state index contributed by atoms with van der Waals surface area (Å²) < 4.78 is 4.95. The van der Waals surface area contributed by atoms with Gasteiger partial charge in [-0.25, -0.2) is 14.8 Å². The Kier molecular flexibility index (Phi) is 3.31. The van der Waals surface area contributed by atoms with E-state index in [0.717, 1.165) is 10.7 Å². The summed E-state index contributed by atoms with van der Waals surface area (Å²) in [6.07, 6.45) is 0. The predicted molar refractivity (Wildman–Crippen MR) is 63.9 cm³/mol. The molecule has 0 aromatic carbocycles. The highest BCUT2D eigenvalue weighted by atomic mass is 32.1. The van der Waals surface area contributed by atoms with Crippen LogP contribution in [-0.4, -0.2) is 22.5 Å². The third kappa shape index (κ3) is 2.12. The Morgan fingerprint density at radius 1 is 1.56 bits per heavy atom. The van der Waals surface area contributed by atoms with Crippen LogP contribution in [0.15, 0.2) is 10.9 Å². The number of hydrogen-bond donors (Lipinski definition) is 0. The quantitative estimate of drug-likeness (QED) is 0.790. The van der Waals surface area contributed by atoms with Gasteiger partial charge in [0, 0.05) is 5.38 Å². The van der Waals surface area contributed by atoms with Gasteiger partial charge in [-0.05, 0) is 13.8 Å². The number of nitrogens with zero attached hydrogens (tertiary/aromatic N) is 2. The molecule has 2 aromatic rings. The molecule has 6 heteroatoms. The van der Waals surface area contributed by atoms with Crippen molar-refractivity contribution in [3.8, 4) is 10.7 Å². The van der Waals surface area contributed by atoms with E-state index in [9.17, 15) is 4.79 Å². The number of carbonyl (C=O) groups excluding carboxylic acids is 1. The molecule has 0 unspecified atom stereocenters. The van der Waals surface area contributed by atoms with E-state index in [1.165, 1.54) is 22.7 Å². The lowest BCUT2D eigenvalue weighted by molar-refractivity contribution is 0.0531. The van der Waals surface area contributed by atoms with Crippen LogP contribution in [0, 0.1) is 6.92 Å². The summed E-state index contributed by atoms with van der Waals surface area (Å²) in [6.45, 7) is 3.97. The minimum Gasteiger partial charge on any atom is -0.462 e. The fourth-order valence-corrected chi connectivity index (χ4v) is 2.75. The first-order valence-electron chi connectivity index (χ1n) is 4.75. The smallest absolute Gasteiger partial charge is 0.350 e. The molecule has 0 N–H and O–H groups in total. The molecule has 0 bridgehead atoms. The molecule has 84 valence electrons. The largest absolute Gasteiger partial charge is 0.462 e. The lowest BCUT2D eigenvalue weighted by atomic mass is 10.4. The van der Waals surface area contributed by atoms with Gasteiger partial charge in [0.2, 0.25) is 0 Å². The highest BCUT2D eigenvalue weighted by Crippen LogP contribution is 2.27. The molecule has 0 amide bonds. The fraction of sp³-hybridized carbons (Fsp3) is 0.300. The van der Waals surface area contributed by atoms with E-state index < -0.39 is 0 Å². The summed E-state index contributed by atoms with van der Waals surface area (Å²) in [5.41, 5.74) is 3.26. The molecule has 0 aliphatic heterocycles. The Bertz CT molecular complexity index is 491. The van der Waals surface area contributed by atoms with E-state index in [1.807, 2.05) is 5.38 Å². The summed E-state index contributed by atoms with van der Waals surface area (Å²) in [4.78, 5) is 20.6. The minimum absolute atomic E-state index is 0.307. The molecular weight excluding hydrogens is 244 g/mol. The Morgan fingerprint density at radius 3 is 3.00 bits per heavy atom. The Balaban J connectivity index is 2.32. The molecule has 0 aliphatic rings. The van der Waals surface area contributed by atoms with Crippen LogP contribution in [-0.2, 0) is 4.74 Å². The number of ether oxygens (including phenoxy) is 1. The molecule has 0 spiro atoms. The number of aromatic nitrogens is 2. The van der Waals surface area contributed by atoms with Crippen LogP contribution >= 0.6 is 22.7 Å². The minimum atomic E-state index is -0.307. The SMILES string of the molecule is CCOC(=O)c1sc(-c2cscn2)nc1C. The predicted octanol–water partition coefficient (Wildman–Crippen LogP) is 2.75. The summed E-state index contributed by atoms with van der Waals surface area (Å²) >= 11 is 2.83. The van der Waals surface area contributed by atoms with Gasteiger partial charge in [0.25, 0.3) is 0 Å². The van der Waals surface area contributed by atoms with Gasteiger partial charge in [0.15, 0.2) is 0 Å². The maximum atomic E-state index is 11.6. The molecule has 4 nitrogen and oxygen atoms in total. The zero-order valence-corrected chi connectivity index (χ0v) is 10.5. The lowest BCUT2D eigenvalue weighted by Crippen LogP contribution is -2.03. The third-order valence-corrected chi connectivity index (χ3v) is 3.66. The van der Waals surface area contributed by atoms with Crippen LogP contribution in [0.5, 0.6) is 0 Å². The van der Waals surface area contributed by atoms with Crippen LogP contribution in [0.25, 0.3) is 10.7 Å². The number of carbonyl (C=O) groups is 1. The first kappa shape index (κ1) is 11.2. The normalized spacial score (nSPS) is 10.4. The number of rotatable bonds is 3. The van der Waals surface area contributed by atoms with E-state index in [4.69, 9.17) is 4.74 Å². The third-order valence-electron chi connectivity index (χ3n) is 1.91. The fourth-order valence-electron chi connectivity index (χ4n) is 1.21. The van der Waals surface area contributed by atoms with Crippen molar-refractivity contribution in [1.29, 1.82) is 0 Å². The zero-order valence-electron chi connectivity index (χ0n) is 8.89. The molecular formula is C10H10N2O2S2. The molecule has 2 rings (SSSR count). The molecule has 0 saturated heterocycles. The lowest BCUT2D eigenvalue weighted by Gasteiger charge is -1.97. The number of hydrogen-bond acceptors (Lipinski definition) is 6. The molecule has 2 aromatic heterocycles. The van der Waals surface area contributed by atoms with Gasteiger partial charge in [-0.1, -0.05) is 0 Å². The number of aryl methyl sites for hydroxylation is 1. The second-order valence-electron chi connectivity index (χ2n) is 3.03. The summed E-state index contributed by atoms with van der Waals surface area (Å²) in [5.74, 6) is -0.307. The van der Waals surface area contributed by atoms with Crippen LogP contribution in [0.2, 0.25) is 0 Å². The van der Waals surface area contributed by atoms with Gasteiger partial charge in [0.05, 0.1) is 17.8 Å². The van der Waals surface area contributed by atoms with E-state index in [-0.39, 0.29) is 5.97 Å².